The molecule has 0 spiro atoms. The van der Waals surface area contributed by atoms with E-state index in [-0.39, 0.29) is 29.1 Å². The number of ether oxygens (including phenoxy) is 1. The van der Waals surface area contributed by atoms with Crippen LogP contribution in [-0.4, -0.2) is 34.0 Å². The molecule has 2 N–H and O–H groups in total. The van der Waals surface area contributed by atoms with Crippen LogP contribution in [0.15, 0.2) is 47.3 Å². The highest BCUT2D eigenvalue weighted by Crippen LogP contribution is 2.44. The first kappa shape index (κ1) is 20.7. The van der Waals surface area contributed by atoms with Crippen LogP contribution in [0.1, 0.15) is 43.3 Å². The van der Waals surface area contributed by atoms with Crippen LogP contribution in [0.3, 0.4) is 0 Å². The number of carboxylic acids is 1. The van der Waals surface area contributed by atoms with Gasteiger partial charge in [-0.2, -0.15) is 0 Å². The smallest absolute Gasteiger partial charge is 0.306 e. The minimum atomic E-state index is -0.848. The number of aromatic nitrogens is 1. The lowest BCUT2D eigenvalue weighted by molar-refractivity contribution is -0.146. The zero-order valence-electron chi connectivity index (χ0n) is 17.5. The van der Waals surface area contributed by atoms with Crippen LogP contribution in [0, 0.1) is 11.7 Å². The van der Waals surface area contributed by atoms with E-state index >= 15 is 0 Å². The summed E-state index contributed by atoms with van der Waals surface area (Å²) in [4.78, 5) is 25.1. The highest BCUT2D eigenvalue weighted by Gasteiger charge is 2.39. The van der Waals surface area contributed by atoms with E-state index in [4.69, 9.17) is 4.74 Å². The molecule has 0 radical (unpaired) electrons. The number of aliphatic carboxylic acids is 1. The number of carbonyl (C=O) groups is 1. The van der Waals surface area contributed by atoms with Gasteiger partial charge in [-0.25, -0.2) is 4.39 Å². The first-order valence-corrected chi connectivity index (χ1v) is 10.9. The first-order valence-electron chi connectivity index (χ1n) is 10.9. The first-order chi connectivity index (χ1) is 15.4. The lowest BCUT2D eigenvalue weighted by atomic mass is 9.78. The van der Waals surface area contributed by atoms with E-state index in [1.807, 2.05) is 0 Å². The molecule has 7 heteroatoms. The Kier molecular flexibility index (Phi) is 5.21. The van der Waals surface area contributed by atoms with Crippen LogP contribution in [0.2, 0.25) is 0 Å². The zero-order chi connectivity index (χ0) is 22.4. The Morgan fingerprint density at radius 2 is 1.72 bits per heavy atom. The van der Waals surface area contributed by atoms with Crippen LogP contribution in [-0.2, 0) is 9.53 Å². The van der Waals surface area contributed by atoms with Crippen molar-refractivity contribution < 1.29 is 24.1 Å². The second-order valence-electron chi connectivity index (χ2n) is 8.72. The number of fused-ring (bicyclic) bond motifs is 1. The number of nitrogens with zero attached hydrogens (tertiary/aromatic N) is 1. The van der Waals surface area contributed by atoms with Crippen molar-refractivity contribution >= 4 is 16.7 Å². The average molecular weight is 437 g/mol. The number of hydrogen-bond acceptors (Lipinski definition) is 4. The maximum atomic E-state index is 13.7. The summed E-state index contributed by atoms with van der Waals surface area (Å²) in [7, 11) is 0. The predicted molar refractivity (Wildman–Crippen MR) is 117 cm³/mol. The van der Waals surface area contributed by atoms with E-state index in [2.05, 4.69) is 0 Å². The summed E-state index contributed by atoms with van der Waals surface area (Å²) in [5.41, 5.74) is 2.26. The van der Waals surface area contributed by atoms with E-state index in [0.29, 0.717) is 36.8 Å². The van der Waals surface area contributed by atoms with E-state index in [1.54, 1.807) is 28.8 Å². The Balaban J connectivity index is 1.82. The molecule has 0 amide bonds. The van der Waals surface area contributed by atoms with Crippen LogP contribution in [0.4, 0.5) is 4.39 Å². The Hall–Kier alpha value is -3.19. The summed E-state index contributed by atoms with van der Waals surface area (Å²) >= 11 is 0. The van der Waals surface area contributed by atoms with Gasteiger partial charge in [0.15, 0.2) is 0 Å². The van der Waals surface area contributed by atoms with Gasteiger partial charge < -0.3 is 19.5 Å². The number of benzene rings is 2. The highest BCUT2D eigenvalue weighted by atomic mass is 19.1. The molecule has 2 heterocycles. The maximum absolute atomic E-state index is 13.7. The summed E-state index contributed by atoms with van der Waals surface area (Å²) in [6, 6.07) is 10.7. The van der Waals surface area contributed by atoms with Crippen molar-refractivity contribution in [3.63, 3.8) is 0 Å². The molecule has 32 heavy (non-hydrogen) atoms. The van der Waals surface area contributed by atoms with Crippen LogP contribution < -0.4 is 5.56 Å². The Morgan fingerprint density at radius 3 is 2.38 bits per heavy atom. The van der Waals surface area contributed by atoms with Gasteiger partial charge in [0, 0.05) is 36.4 Å². The van der Waals surface area contributed by atoms with Crippen molar-refractivity contribution in [2.24, 2.45) is 5.92 Å². The fraction of sp³-hybridized carbons (Fsp3) is 0.360. The predicted octanol–water partition coefficient (Wildman–Crippen LogP) is 4.44. The summed E-state index contributed by atoms with van der Waals surface area (Å²) in [5, 5.41) is 20.5. The quantitative estimate of drug-likeness (QED) is 0.630. The molecular formula is C25H24FNO5. The van der Waals surface area contributed by atoms with Crippen molar-refractivity contribution in [1.82, 2.24) is 4.57 Å². The number of phenols is 1. The third kappa shape index (κ3) is 3.46. The molecule has 166 valence electrons. The highest BCUT2D eigenvalue weighted by molar-refractivity contribution is 5.98. The molecule has 2 fully saturated rings. The second-order valence-corrected chi connectivity index (χ2v) is 8.72. The fourth-order valence-electron chi connectivity index (χ4n) is 5.08. The molecule has 6 nitrogen and oxygen atoms in total. The molecule has 5 rings (SSSR count). The molecule has 3 aromatic rings. The van der Waals surface area contributed by atoms with E-state index in [9.17, 15) is 24.2 Å². The Labute approximate surface area is 183 Å². The maximum Gasteiger partial charge on any atom is 0.306 e. The summed E-state index contributed by atoms with van der Waals surface area (Å²) in [6.45, 7) is 1.16. The third-order valence-corrected chi connectivity index (χ3v) is 6.81. The van der Waals surface area contributed by atoms with Gasteiger partial charge in [-0.05, 0) is 67.0 Å². The van der Waals surface area contributed by atoms with E-state index in [1.165, 1.54) is 18.2 Å². The number of carboxylic acid groups (broad SMARTS) is 1. The number of aromatic hydroxyl groups is 1. The van der Waals surface area contributed by atoms with Gasteiger partial charge in [0.25, 0.3) is 5.56 Å². The SMILES string of the molecule is O=c1c2cc(O)ccc2c(-c2ccc(F)cc2)c(C2CCOCC2)n1[C@H]1C[C@H](C(=O)O)C1. The third-order valence-electron chi connectivity index (χ3n) is 6.81. The molecule has 0 bridgehead atoms. The standard InChI is InChI=1S/C25H24FNO5/c26-17-3-1-14(2-4-17)22-20-6-5-19(28)13-21(20)24(29)27(18-11-16(12-18)25(30)31)23(22)15-7-9-32-10-8-15/h1-6,13,15-16,18,28H,7-12H2,(H,30,31)/t16-,18-. The van der Waals surface area contributed by atoms with E-state index < -0.39 is 11.9 Å². The second kappa shape index (κ2) is 8.06. The van der Waals surface area contributed by atoms with Crippen LogP contribution >= 0.6 is 0 Å². The van der Waals surface area contributed by atoms with Gasteiger partial charge in [0.2, 0.25) is 0 Å². The topological polar surface area (TPSA) is 88.8 Å². The number of hydrogen-bond donors (Lipinski definition) is 2. The average Bonchev–Trinajstić information content (AvgIpc) is 2.75. The molecule has 1 aromatic heterocycles. The molecular weight excluding hydrogens is 413 g/mol. The molecule has 0 atom stereocenters. The van der Waals surface area contributed by atoms with Gasteiger partial charge in [0.05, 0.1) is 11.3 Å². The van der Waals surface area contributed by atoms with Gasteiger partial charge in [-0.15, -0.1) is 0 Å². The van der Waals surface area contributed by atoms with Gasteiger partial charge in [-0.1, -0.05) is 12.1 Å². The molecule has 2 aliphatic rings. The molecule has 1 saturated heterocycles. The minimum Gasteiger partial charge on any atom is -0.508 e. The number of rotatable bonds is 4. The largest absolute Gasteiger partial charge is 0.508 e. The molecule has 0 unspecified atom stereocenters. The summed E-state index contributed by atoms with van der Waals surface area (Å²) < 4.78 is 21.0. The molecule has 1 saturated carbocycles. The monoisotopic (exact) mass is 437 g/mol. The minimum absolute atomic E-state index is 0.0120. The van der Waals surface area contributed by atoms with E-state index in [0.717, 1.165) is 29.7 Å². The fourth-order valence-corrected chi connectivity index (χ4v) is 5.08. The van der Waals surface area contributed by atoms with Crippen LogP contribution in [0.5, 0.6) is 5.75 Å². The Bertz CT molecular complexity index is 1240. The van der Waals surface area contributed by atoms with Crippen molar-refractivity contribution in [3.05, 3.63) is 64.3 Å². The number of phenolic OH excluding ortho intramolecular Hbond substituents is 1. The number of pyridine rings is 1. The van der Waals surface area contributed by atoms with Crippen LogP contribution in [0.25, 0.3) is 21.9 Å². The number of halogens is 1. The Morgan fingerprint density at radius 1 is 1.03 bits per heavy atom. The van der Waals surface area contributed by atoms with Crippen molar-refractivity contribution in [2.45, 2.75) is 37.6 Å². The van der Waals surface area contributed by atoms with Gasteiger partial charge in [-0.3, -0.25) is 9.59 Å². The van der Waals surface area contributed by atoms with Crippen molar-refractivity contribution in [2.75, 3.05) is 13.2 Å². The zero-order valence-corrected chi connectivity index (χ0v) is 17.5. The summed E-state index contributed by atoms with van der Waals surface area (Å²) in [5.74, 6) is -1.62. The normalized spacial score (nSPS) is 21.4. The molecule has 2 aromatic carbocycles. The van der Waals surface area contributed by atoms with Crippen molar-refractivity contribution in [3.8, 4) is 16.9 Å². The summed E-state index contributed by atoms with van der Waals surface area (Å²) in [6.07, 6.45) is 2.26. The lowest BCUT2D eigenvalue weighted by Crippen LogP contribution is -2.40. The van der Waals surface area contributed by atoms with Crippen molar-refractivity contribution in [1.29, 1.82) is 0 Å². The van der Waals surface area contributed by atoms with Gasteiger partial charge in [0.1, 0.15) is 11.6 Å². The molecule has 1 aliphatic carbocycles. The lowest BCUT2D eigenvalue weighted by Gasteiger charge is -2.38. The molecule has 1 aliphatic heterocycles. The van der Waals surface area contributed by atoms with Gasteiger partial charge >= 0.3 is 5.97 Å².